The summed E-state index contributed by atoms with van der Waals surface area (Å²) in [6.07, 6.45) is 16.4. The second-order valence-electron chi connectivity index (χ2n) is 13.1. The number of aliphatic hydroxyl groups is 1. The van der Waals surface area contributed by atoms with Crippen LogP contribution < -0.4 is 11.1 Å². The topological polar surface area (TPSA) is 125 Å². The van der Waals surface area contributed by atoms with E-state index in [-0.39, 0.29) is 48.4 Å². The van der Waals surface area contributed by atoms with Crippen molar-refractivity contribution in [2.75, 3.05) is 6.54 Å². The number of ether oxygens (including phenoxy) is 3. The van der Waals surface area contributed by atoms with Crippen molar-refractivity contribution in [1.82, 2.24) is 0 Å². The molecule has 40 heavy (non-hydrogen) atoms. The highest BCUT2D eigenvalue weighted by atomic mass is 16.6. The molecule has 0 spiro atoms. The van der Waals surface area contributed by atoms with Gasteiger partial charge in [-0.3, -0.25) is 15.3 Å². The maximum absolute atomic E-state index is 12.0. The molecule has 0 aromatic rings. The van der Waals surface area contributed by atoms with Crippen molar-refractivity contribution in [1.29, 1.82) is 0 Å². The fourth-order valence-electron chi connectivity index (χ4n) is 7.53. The van der Waals surface area contributed by atoms with E-state index < -0.39 is 6.10 Å². The molecule has 1 heterocycles. The quantitative estimate of drug-likeness (QED) is 0.198. The molecule has 5 N–H and O–H groups in total. The molecule has 3 aliphatic rings. The van der Waals surface area contributed by atoms with Crippen molar-refractivity contribution in [2.45, 2.75) is 167 Å². The Kier molecular flexibility index (Phi) is 14.7. The van der Waals surface area contributed by atoms with Crippen LogP contribution in [0.15, 0.2) is 0 Å². The highest BCUT2D eigenvalue weighted by Gasteiger charge is 2.40. The molecule has 2 saturated carbocycles. The van der Waals surface area contributed by atoms with Crippen LogP contribution in [0.4, 0.5) is 0 Å². The number of carbonyl (C=O) groups is 2. The third-order valence-corrected chi connectivity index (χ3v) is 9.49. The number of aliphatic hydroxyl groups excluding tert-OH is 1. The summed E-state index contributed by atoms with van der Waals surface area (Å²) >= 11 is 0. The Morgan fingerprint density at radius 1 is 0.925 bits per heavy atom. The molecule has 2 aliphatic carbocycles. The van der Waals surface area contributed by atoms with Gasteiger partial charge in [0.15, 0.2) is 0 Å². The Hall–Kier alpha value is -1.22. The van der Waals surface area contributed by atoms with E-state index in [1.165, 1.54) is 33.1 Å². The SMILES string of the molecule is CCCCCC(CC(CCC1CC(CC2CC[NH2+]C(N)C2)C(O)C(OC2CCCCC2)C1)OC(C)=O)OC(C)=O. The Morgan fingerprint density at radius 3 is 2.27 bits per heavy atom. The second kappa shape index (κ2) is 17.7. The lowest BCUT2D eigenvalue weighted by molar-refractivity contribution is -0.699. The van der Waals surface area contributed by atoms with Gasteiger partial charge in [0, 0.05) is 26.7 Å². The van der Waals surface area contributed by atoms with Crippen molar-refractivity contribution in [3.05, 3.63) is 0 Å². The van der Waals surface area contributed by atoms with Crippen LogP contribution in [0.2, 0.25) is 0 Å². The molecule has 8 unspecified atom stereocenters. The molecule has 8 heteroatoms. The van der Waals surface area contributed by atoms with E-state index in [1.54, 1.807) is 0 Å². The van der Waals surface area contributed by atoms with Gasteiger partial charge in [-0.05, 0) is 82.0 Å². The highest BCUT2D eigenvalue weighted by molar-refractivity contribution is 5.66. The zero-order valence-corrected chi connectivity index (χ0v) is 25.6. The Balaban J connectivity index is 1.64. The van der Waals surface area contributed by atoms with Crippen LogP contribution in [0, 0.1) is 17.8 Å². The first-order valence-corrected chi connectivity index (χ1v) is 16.5. The summed E-state index contributed by atoms with van der Waals surface area (Å²) in [5.41, 5.74) is 6.26. The van der Waals surface area contributed by atoms with Gasteiger partial charge in [0.1, 0.15) is 18.4 Å². The third kappa shape index (κ3) is 11.9. The van der Waals surface area contributed by atoms with E-state index in [0.717, 1.165) is 90.0 Å². The normalized spacial score (nSPS) is 31.3. The highest BCUT2D eigenvalue weighted by Crippen LogP contribution is 2.40. The van der Waals surface area contributed by atoms with E-state index in [1.807, 2.05) is 0 Å². The van der Waals surface area contributed by atoms with Crippen LogP contribution in [0.3, 0.4) is 0 Å². The van der Waals surface area contributed by atoms with Gasteiger partial charge in [0.2, 0.25) is 0 Å². The van der Waals surface area contributed by atoms with Gasteiger partial charge >= 0.3 is 11.9 Å². The van der Waals surface area contributed by atoms with E-state index in [0.29, 0.717) is 18.3 Å². The predicted molar refractivity (Wildman–Crippen MR) is 155 cm³/mol. The minimum absolute atomic E-state index is 0.134. The van der Waals surface area contributed by atoms with Crippen LogP contribution >= 0.6 is 0 Å². The zero-order valence-electron chi connectivity index (χ0n) is 25.6. The van der Waals surface area contributed by atoms with Gasteiger partial charge in [0.25, 0.3) is 0 Å². The number of quaternary nitrogens is 1. The molecule has 232 valence electrons. The number of hydrogen-bond donors (Lipinski definition) is 3. The maximum atomic E-state index is 12.0. The van der Waals surface area contributed by atoms with Crippen molar-refractivity contribution in [2.24, 2.45) is 23.5 Å². The molecule has 8 nitrogen and oxygen atoms in total. The Morgan fingerprint density at radius 2 is 1.62 bits per heavy atom. The summed E-state index contributed by atoms with van der Waals surface area (Å²) in [7, 11) is 0. The zero-order chi connectivity index (χ0) is 28.9. The van der Waals surface area contributed by atoms with Crippen LogP contribution in [0.25, 0.3) is 0 Å². The van der Waals surface area contributed by atoms with Gasteiger partial charge in [-0.1, -0.05) is 39.0 Å². The molecule has 0 bridgehead atoms. The van der Waals surface area contributed by atoms with Gasteiger partial charge < -0.3 is 24.6 Å². The van der Waals surface area contributed by atoms with Crippen molar-refractivity contribution >= 4 is 11.9 Å². The van der Waals surface area contributed by atoms with Crippen molar-refractivity contribution in [3.63, 3.8) is 0 Å². The van der Waals surface area contributed by atoms with E-state index in [9.17, 15) is 14.7 Å². The minimum Gasteiger partial charge on any atom is -0.462 e. The van der Waals surface area contributed by atoms with Gasteiger partial charge in [0.05, 0.1) is 24.9 Å². The molecular weight excluding hydrogens is 508 g/mol. The van der Waals surface area contributed by atoms with E-state index in [2.05, 4.69) is 12.2 Å². The fraction of sp³-hybridized carbons (Fsp3) is 0.938. The van der Waals surface area contributed by atoms with Crippen LogP contribution in [-0.4, -0.2) is 60.3 Å². The number of unbranched alkanes of at least 4 members (excludes halogenated alkanes) is 2. The first kappa shape index (κ1) is 33.3. The number of esters is 2. The van der Waals surface area contributed by atoms with Gasteiger partial charge in [-0.2, -0.15) is 0 Å². The molecule has 1 saturated heterocycles. The van der Waals surface area contributed by atoms with E-state index >= 15 is 0 Å². The fourth-order valence-corrected chi connectivity index (χ4v) is 7.53. The number of nitrogens with two attached hydrogens (primary N) is 2. The Labute approximate surface area is 242 Å². The lowest BCUT2D eigenvalue weighted by Crippen LogP contribution is -2.94. The number of hydrogen-bond acceptors (Lipinski definition) is 7. The molecule has 3 rings (SSSR count). The van der Waals surface area contributed by atoms with Crippen LogP contribution in [0.5, 0.6) is 0 Å². The third-order valence-electron chi connectivity index (χ3n) is 9.49. The molecule has 0 aromatic carbocycles. The molecule has 1 aliphatic heterocycles. The summed E-state index contributed by atoms with van der Waals surface area (Å²) in [5, 5.41) is 13.7. The minimum atomic E-state index is -0.434. The van der Waals surface area contributed by atoms with Crippen LogP contribution in [-0.2, 0) is 23.8 Å². The van der Waals surface area contributed by atoms with E-state index in [4.69, 9.17) is 19.9 Å². The first-order chi connectivity index (χ1) is 19.2. The summed E-state index contributed by atoms with van der Waals surface area (Å²) in [6.45, 7) is 6.12. The summed E-state index contributed by atoms with van der Waals surface area (Å²) in [4.78, 5) is 23.8. The summed E-state index contributed by atoms with van der Waals surface area (Å²) in [6, 6.07) is 0. The first-order valence-electron chi connectivity index (χ1n) is 16.5. The average molecular weight is 568 g/mol. The molecular formula is C32H59N2O6+. The Bertz CT molecular complexity index is 745. The average Bonchev–Trinajstić information content (AvgIpc) is 2.90. The summed E-state index contributed by atoms with van der Waals surface area (Å²) in [5.74, 6) is 0.583. The smallest absolute Gasteiger partial charge is 0.302 e. The molecule has 0 aromatic heterocycles. The lowest BCUT2D eigenvalue weighted by Gasteiger charge is -2.43. The predicted octanol–water partition coefficient (Wildman–Crippen LogP) is 4.35. The molecule has 0 radical (unpaired) electrons. The van der Waals surface area contributed by atoms with Crippen LogP contribution in [0.1, 0.15) is 130 Å². The number of piperidine rings is 1. The monoisotopic (exact) mass is 567 g/mol. The standard InChI is InChI=1S/C32H58N2O6/c1-4-5-7-12-28(38-22(2)35)21-29(39-23(3)36)14-13-24-17-26(18-25-15-16-34-31(33)20-25)32(37)30(19-24)40-27-10-8-6-9-11-27/h24-32,34,37H,4-21,33H2,1-3H3/p+1. The van der Waals surface area contributed by atoms with Gasteiger partial charge in [-0.15, -0.1) is 0 Å². The molecule has 8 atom stereocenters. The second-order valence-corrected chi connectivity index (χ2v) is 13.1. The number of rotatable bonds is 15. The molecule has 3 fully saturated rings. The molecule has 0 amide bonds. The lowest BCUT2D eigenvalue weighted by atomic mass is 9.71. The van der Waals surface area contributed by atoms with Crippen molar-refractivity contribution in [3.8, 4) is 0 Å². The van der Waals surface area contributed by atoms with Crippen molar-refractivity contribution < 1.29 is 34.2 Å². The largest absolute Gasteiger partial charge is 0.462 e. The number of carbonyl (C=O) groups excluding carboxylic acids is 2. The maximum Gasteiger partial charge on any atom is 0.302 e. The summed E-state index contributed by atoms with van der Waals surface area (Å²) < 4.78 is 18.0. The van der Waals surface area contributed by atoms with Gasteiger partial charge in [-0.25, -0.2) is 0 Å².